The number of fused-ring (bicyclic) bond motifs is 7. The van der Waals surface area contributed by atoms with E-state index in [2.05, 4.69) is 48.5 Å². The molecule has 0 aromatic carbocycles. The number of hydrogen-bond donors (Lipinski definition) is 2. The minimum absolute atomic E-state index is 0.0651. The Labute approximate surface area is 246 Å². The molecule has 1 heterocycles. The Hall–Kier alpha value is -0.300. The van der Waals surface area contributed by atoms with Gasteiger partial charge in [0.1, 0.15) is 0 Å². The maximum Gasteiger partial charge on any atom is 0.397 e. The van der Waals surface area contributed by atoms with Crippen LogP contribution in [0.5, 0.6) is 0 Å². The third kappa shape index (κ3) is 4.36. The van der Waals surface area contributed by atoms with Crippen LogP contribution in [0.15, 0.2) is 0 Å². The average Bonchev–Trinajstić information content (AvgIpc) is 3.44. The van der Waals surface area contributed by atoms with Crippen LogP contribution >= 0.6 is 0 Å². The molecule has 41 heavy (non-hydrogen) atoms. The van der Waals surface area contributed by atoms with E-state index in [1.807, 2.05) is 0 Å². The Morgan fingerprint density at radius 3 is 1.83 bits per heavy atom. The fourth-order valence-electron chi connectivity index (χ4n) is 12.5. The summed E-state index contributed by atoms with van der Waals surface area (Å²) in [7, 11) is -9.19. The maximum absolute atomic E-state index is 12.2. The van der Waals surface area contributed by atoms with Gasteiger partial charge in [-0.05, 0) is 121 Å². The summed E-state index contributed by atoms with van der Waals surface area (Å²) in [4.78, 5) is 0. The summed E-state index contributed by atoms with van der Waals surface area (Å²) < 4.78 is 84.2. The third-order valence-corrected chi connectivity index (χ3v) is 15.7. The molecule has 0 amide bonds. The highest BCUT2D eigenvalue weighted by atomic mass is 32.3. The molecule has 9 nitrogen and oxygen atoms in total. The van der Waals surface area contributed by atoms with E-state index >= 15 is 0 Å². The molecule has 0 aromatic heterocycles. The summed E-state index contributed by atoms with van der Waals surface area (Å²) in [5.41, 5.74) is -1.38. The van der Waals surface area contributed by atoms with Crippen molar-refractivity contribution in [3.63, 3.8) is 0 Å². The van der Waals surface area contributed by atoms with Crippen LogP contribution in [0.2, 0.25) is 0 Å². The Bertz CT molecular complexity index is 1310. The lowest BCUT2D eigenvalue weighted by Crippen LogP contribution is -2.68. The lowest BCUT2D eigenvalue weighted by molar-refractivity contribution is -0.259. The Balaban J connectivity index is 1.40. The van der Waals surface area contributed by atoms with E-state index in [4.69, 9.17) is 13.1 Å². The summed E-state index contributed by atoms with van der Waals surface area (Å²) in [6.45, 7) is 16.5. The van der Waals surface area contributed by atoms with Gasteiger partial charge in [-0.3, -0.25) is 9.11 Å². The van der Waals surface area contributed by atoms with E-state index < -0.39 is 38.4 Å². The molecule has 6 fully saturated rings. The summed E-state index contributed by atoms with van der Waals surface area (Å²) in [6, 6.07) is 0. The van der Waals surface area contributed by atoms with Crippen LogP contribution in [0.25, 0.3) is 0 Å². The summed E-state index contributed by atoms with van der Waals surface area (Å²) in [5.74, 6) is 1.51. The van der Waals surface area contributed by atoms with Gasteiger partial charge in [0, 0.05) is 0 Å². The molecule has 1 saturated heterocycles. The second-order valence-electron chi connectivity index (χ2n) is 16.5. The van der Waals surface area contributed by atoms with Crippen molar-refractivity contribution in [1.29, 1.82) is 0 Å². The normalized spacial score (nSPS) is 54.4. The molecule has 236 valence electrons. The Morgan fingerprint density at radius 2 is 1.24 bits per heavy atom. The van der Waals surface area contributed by atoms with Crippen LogP contribution in [0.1, 0.15) is 106 Å². The molecule has 6 aliphatic rings. The van der Waals surface area contributed by atoms with E-state index in [1.165, 1.54) is 0 Å². The Kier molecular flexibility index (Phi) is 6.67. The zero-order chi connectivity index (χ0) is 30.2. The first-order valence-electron chi connectivity index (χ1n) is 15.6. The van der Waals surface area contributed by atoms with Crippen LogP contribution in [0.3, 0.4) is 0 Å². The Morgan fingerprint density at radius 1 is 0.659 bits per heavy atom. The molecule has 0 radical (unpaired) electrons. The molecular formula is C30H50O9S2. The third-order valence-electron chi connectivity index (χ3n) is 14.7. The summed E-state index contributed by atoms with van der Waals surface area (Å²) >= 11 is 0. The van der Waals surface area contributed by atoms with Crippen molar-refractivity contribution in [2.45, 2.75) is 124 Å². The molecule has 0 aromatic rings. The molecular weight excluding hydrogens is 568 g/mol. The highest BCUT2D eigenvalue weighted by Crippen LogP contribution is 2.78. The number of hydrogen-bond acceptors (Lipinski definition) is 7. The van der Waals surface area contributed by atoms with Gasteiger partial charge in [-0.1, -0.05) is 41.5 Å². The zero-order valence-electron chi connectivity index (χ0n) is 25.7. The van der Waals surface area contributed by atoms with Gasteiger partial charge in [-0.15, -0.1) is 0 Å². The van der Waals surface area contributed by atoms with Crippen molar-refractivity contribution in [2.24, 2.45) is 56.7 Å². The number of ether oxygens (including phenoxy) is 1. The van der Waals surface area contributed by atoms with Gasteiger partial charge in [-0.25, -0.2) is 8.37 Å². The van der Waals surface area contributed by atoms with E-state index in [0.29, 0.717) is 30.6 Å². The molecule has 2 N–H and O–H groups in total. The van der Waals surface area contributed by atoms with Gasteiger partial charge in [0.25, 0.3) is 0 Å². The topological polar surface area (TPSA) is 140 Å². The first-order valence-corrected chi connectivity index (χ1v) is 18.3. The predicted molar refractivity (Wildman–Crippen MR) is 152 cm³/mol. The van der Waals surface area contributed by atoms with Gasteiger partial charge < -0.3 is 4.74 Å². The molecule has 5 aliphatic carbocycles. The molecule has 5 saturated carbocycles. The van der Waals surface area contributed by atoms with E-state index in [0.717, 1.165) is 51.6 Å². The summed E-state index contributed by atoms with van der Waals surface area (Å²) in [5, 5.41) is 0. The van der Waals surface area contributed by atoms with Crippen molar-refractivity contribution in [3.05, 3.63) is 0 Å². The quantitative estimate of drug-likeness (QED) is 0.286. The highest BCUT2D eigenvalue weighted by Gasteiger charge is 2.74. The van der Waals surface area contributed by atoms with Gasteiger partial charge in [0.15, 0.2) is 0 Å². The summed E-state index contributed by atoms with van der Waals surface area (Å²) in [6.07, 6.45) is 6.56. The minimum atomic E-state index is -4.63. The number of rotatable bonds is 5. The van der Waals surface area contributed by atoms with Crippen molar-refractivity contribution >= 4 is 20.8 Å². The van der Waals surface area contributed by atoms with Gasteiger partial charge >= 0.3 is 20.8 Å². The zero-order valence-corrected chi connectivity index (χ0v) is 27.3. The van der Waals surface area contributed by atoms with Crippen molar-refractivity contribution < 1.29 is 39.0 Å². The lowest BCUT2D eigenvalue weighted by Gasteiger charge is -2.73. The van der Waals surface area contributed by atoms with Crippen LogP contribution in [-0.4, -0.2) is 50.4 Å². The van der Waals surface area contributed by atoms with Gasteiger partial charge in [0.2, 0.25) is 0 Å². The minimum Gasteiger partial charge on any atom is -0.370 e. The fourth-order valence-corrected chi connectivity index (χ4v) is 13.8. The molecule has 11 heteroatoms. The van der Waals surface area contributed by atoms with Crippen molar-refractivity contribution in [2.75, 3.05) is 6.61 Å². The standard InChI is InChI=1S/C30H50O9S2/c1-25(2)20-11-15-28(5)21(26(20,3)14-12-22(25)38-40(31,32)33)9-8-18-24-19(30(7)17-37-30)10-13-27(24,4)23(16-29(18,28)6)39-41(34,35)36/h18-24H,8-17H2,1-7H3,(H,31,32,33)(H,34,35,36)/t18-,19-,20+,21-,22+,23+,24+,26+,27-,28-,29-,30-/m1/s1. The van der Waals surface area contributed by atoms with E-state index in [1.54, 1.807) is 0 Å². The SMILES string of the molecule is CC1(C)[C@@H](OS(=O)(=O)O)CC[C@]2(C)[C@H]3CC[C@@H]4[C@H]5[C@H]([C@@]6(C)CO6)CC[C@]5(C)[C@@H](OS(=O)(=O)O)C[C@@]4(C)[C@]3(C)CC[C@@H]12. The van der Waals surface area contributed by atoms with Gasteiger partial charge in [0.05, 0.1) is 24.4 Å². The second-order valence-corrected chi connectivity index (χ2v) is 18.6. The van der Waals surface area contributed by atoms with Crippen LogP contribution in [-0.2, 0) is 33.9 Å². The van der Waals surface area contributed by atoms with Crippen LogP contribution < -0.4 is 0 Å². The smallest absolute Gasteiger partial charge is 0.370 e. The molecule has 12 atom stereocenters. The van der Waals surface area contributed by atoms with Crippen LogP contribution in [0.4, 0.5) is 0 Å². The maximum atomic E-state index is 12.2. The molecule has 0 bridgehead atoms. The predicted octanol–water partition coefficient (Wildman–Crippen LogP) is 5.86. The second kappa shape index (κ2) is 8.91. The van der Waals surface area contributed by atoms with E-state index in [9.17, 15) is 25.9 Å². The molecule has 1 aliphatic heterocycles. The van der Waals surface area contributed by atoms with Crippen molar-refractivity contribution in [1.82, 2.24) is 0 Å². The molecule has 0 unspecified atom stereocenters. The van der Waals surface area contributed by atoms with Gasteiger partial charge in [-0.2, -0.15) is 16.8 Å². The van der Waals surface area contributed by atoms with E-state index in [-0.39, 0.29) is 39.1 Å². The fraction of sp³-hybridized carbons (Fsp3) is 1.00. The first-order chi connectivity index (χ1) is 18.6. The monoisotopic (exact) mass is 618 g/mol. The molecule has 6 rings (SSSR count). The van der Waals surface area contributed by atoms with Crippen molar-refractivity contribution in [3.8, 4) is 0 Å². The number of epoxide rings is 1. The first kappa shape index (κ1) is 30.7. The lowest BCUT2D eigenvalue weighted by atomic mass is 9.32. The highest BCUT2D eigenvalue weighted by molar-refractivity contribution is 7.81. The average molecular weight is 619 g/mol. The largest absolute Gasteiger partial charge is 0.397 e. The van der Waals surface area contributed by atoms with Crippen LogP contribution in [0, 0.1) is 56.7 Å². The molecule has 0 spiro atoms.